The molecule has 0 aliphatic carbocycles. The summed E-state index contributed by atoms with van der Waals surface area (Å²) in [5.74, 6) is -20.6. The van der Waals surface area contributed by atoms with Gasteiger partial charge in [-0.2, -0.15) is 0 Å². The number of nitrogens with one attached hydrogen (secondary N) is 4. The van der Waals surface area contributed by atoms with Gasteiger partial charge in [0.25, 0.3) is 46.0 Å². The van der Waals surface area contributed by atoms with Crippen LogP contribution in [0.25, 0.3) is 0 Å². The maximum atomic E-state index is 15.5. The zero-order valence-electron chi connectivity index (χ0n) is 61.3. The number of rotatable bonds is 20. The number of aliphatic hydroxyl groups is 8. The third kappa shape index (κ3) is 20.5. The first kappa shape index (κ1) is 79.2. The second-order valence-corrected chi connectivity index (χ2v) is 27.2. The van der Waals surface area contributed by atoms with E-state index >= 15 is 13.2 Å². The SMILES string of the molecule is CC(C)[C@H](N)C(=O)OC[C@@]1(F)O[C@@H](n2cc(Cl)c(=O)[nH]c2=S)[C@H](O)[C@@H]1O.[2H]C([2H])(OC(=O)[C@@H](N)C(C)C)[C@@]1(F)O[C@@H](n2cc(Cl)c(=O)[nH]c2=S)[C@H](O)[C@@H]1O.[2H]C([2H])(OC(=O)[C@@H](N)C(C)C)[C@@]1(F)O[C@@]([2H])(N2C=C(Cl)C(=O)NC2=C)[C@H](O)[C@@H]1O.[2H][C@@]1(n2cc(Cl)c(=O)[nH]c2=S)O[C@](F)(COC(=O)[C@@H](N)C(C)C)[C@@H](O)[C@H]1O. The Morgan fingerprint density at radius 2 is 0.817 bits per heavy atom. The fraction of sp³-hybridized carbons (Fsp3) is 0.632. The second-order valence-electron chi connectivity index (χ2n) is 24.4. The van der Waals surface area contributed by atoms with Gasteiger partial charge in [-0.15, -0.1) is 0 Å². The van der Waals surface area contributed by atoms with Crippen LogP contribution in [0.2, 0.25) is 15.1 Å². The average molecular weight is 1640 g/mol. The molecule has 584 valence electrons. The lowest BCUT2D eigenvalue weighted by atomic mass is 10.1. The summed E-state index contributed by atoms with van der Waals surface area (Å²) in [6, 6.07) is -4.59. The number of alkyl halides is 4. The molecule has 0 unspecified atom stereocenters. The Bertz CT molecular complexity index is 4380. The van der Waals surface area contributed by atoms with Crippen molar-refractivity contribution in [1.82, 2.24) is 38.9 Å². The number of halogens is 8. The number of hydrogen-bond acceptors (Lipinski definition) is 32. The molecule has 36 nitrogen and oxygen atoms in total. The molecular formula is C57H78Cl4F4N12O24S3. The number of carbonyl (C=O) groups is 5. The molecule has 0 bridgehead atoms. The van der Waals surface area contributed by atoms with E-state index < -0.39 is 221 Å². The predicted octanol–water partition coefficient (Wildman–Crippen LogP) is -0.753. The first-order valence-corrected chi connectivity index (χ1v) is 32.8. The van der Waals surface area contributed by atoms with Crippen molar-refractivity contribution >= 4 is 113 Å². The Morgan fingerprint density at radius 1 is 0.529 bits per heavy atom. The van der Waals surface area contributed by atoms with Gasteiger partial charge in [-0.1, -0.05) is 108 Å². The number of aromatic amines is 3. The number of amides is 1. The molecule has 1 amide bonds. The number of nitrogens with zero attached hydrogens (tertiary/aromatic N) is 4. The number of ether oxygens (including phenoxy) is 8. The molecule has 8 heterocycles. The van der Waals surface area contributed by atoms with Crippen LogP contribution in [0.4, 0.5) is 17.6 Å². The van der Waals surface area contributed by atoms with E-state index in [2.05, 4.69) is 36.3 Å². The lowest BCUT2D eigenvalue weighted by Crippen LogP contribution is -2.47. The van der Waals surface area contributed by atoms with Crippen LogP contribution >= 0.6 is 83.1 Å². The fourth-order valence-corrected chi connectivity index (χ4v) is 9.88. The van der Waals surface area contributed by atoms with Gasteiger partial charge < -0.3 is 112 Å². The number of hydrogen-bond donors (Lipinski definition) is 16. The van der Waals surface area contributed by atoms with Crippen LogP contribution in [0.15, 0.2) is 56.6 Å². The largest absolute Gasteiger partial charge is 0.458 e. The van der Waals surface area contributed by atoms with Gasteiger partial charge in [-0.3, -0.25) is 67.0 Å². The maximum absolute atomic E-state index is 15.5. The lowest BCUT2D eigenvalue weighted by molar-refractivity contribution is -0.219. The number of carbonyl (C=O) groups excluding carboxylic acids is 5. The van der Waals surface area contributed by atoms with Crippen molar-refractivity contribution in [1.29, 1.82) is 0 Å². The molecule has 4 fully saturated rings. The van der Waals surface area contributed by atoms with Crippen molar-refractivity contribution in [3.63, 3.8) is 0 Å². The molecule has 5 aliphatic heterocycles. The van der Waals surface area contributed by atoms with Gasteiger partial charge in [0.05, 0.1) is 8.22 Å². The lowest BCUT2D eigenvalue weighted by Gasteiger charge is -2.33. The highest BCUT2D eigenvalue weighted by molar-refractivity contribution is 7.71. The summed E-state index contributed by atoms with van der Waals surface area (Å²) in [6.45, 7) is 6.97. The highest BCUT2D eigenvalue weighted by atomic mass is 35.5. The topological polar surface area (TPSA) is 554 Å². The molecule has 0 spiro atoms. The third-order valence-corrected chi connectivity index (χ3v) is 17.3. The van der Waals surface area contributed by atoms with Crippen LogP contribution in [0.5, 0.6) is 0 Å². The van der Waals surface area contributed by atoms with Gasteiger partial charge in [-0.25, -0.2) is 17.6 Å². The number of aromatic nitrogens is 6. The van der Waals surface area contributed by atoms with Crippen LogP contribution in [-0.4, -0.2) is 233 Å². The van der Waals surface area contributed by atoms with E-state index in [1.807, 2.05) is 0 Å². The van der Waals surface area contributed by atoms with E-state index in [9.17, 15) is 83.6 Å². The molecule has 3 aromatic rings. The number of aliphatic hydroxyl groups excluding tert-OH is 8. The summed E-state index contributed by atoms with van der Waals surface area (Å²) in [5.41, 5.74) is 20.1. The van der Waals surface area contributed by atoms with Gasteiger partial charge in [-0.05, 0) is 60.3 Å². The summed E-state index contributed by atoms with van der Waals surface area (Å²) >= 11 is 37.4. The molecule has 47 heteroatoms. The molecule has 4 saturated heterocycles. The minimum absolute atomic E-state index is 0.210. The van der Waals surface area contributed by atoms with Crippen LogP contribution in [0.1, 0.15) is 82.3 Å². The van der Waals surface area contributed by atoms with Gasteiger partial charge in [0.15, 0.2) is 65.5 Å². The van der Waals surface area contributed by atoms with Crippen molar-refractivity contribution in [2.75, 3.05) is 26.3 Å². The van der Waals surface area contributed by atoms with Crippen molar-refractivity contribution in [2.45, 2.75) is 177 Å². The summed E-state index contributed by atoms with van der Waals surface area (Å²) in [4.78, 5) is 100. The van der Waals surface area contributed by atoms with E-state index in [4.69, 9.17) is 143 Å². The van der Waals surface area contributed by atoms with Crippen molar-refractivity contribution in [3.8, 4) is 0 Å². The van der Waals surface area contributed by atoms with E-state index in [1.165, 1.54) is 0 Å². The van der Waals surface area contributed by atoms with Crippen LogP contribution in [0.3, 0.4) is 0 Å². The molecule has 20 N–H and O–H groups in total. The molecule has 0 aromatic carbocycles. The maximum Gasteiger partial charge on any atom is 0.323 e. The Labute approximate surface area is 629 Å². The van der Waals surface area contributed by atoms with Crippen molar-refractivity contribution in [2.24, 2.45) is 46.6 Å². The van der Waals surface area contributed by atoms with E-state index in [-0.39, 0.29) is 37.2 Å². The number of nitrogens with two attached hydrogens (primary N) is 4. The zero-order valence-corrected chi connectivity index (χ0v) is 60.8. The predicted molar refractivity (Wildman–Crippen MR) is 359 cm³/mol. The minimum Gasteiger partial charge on any atom is -0.458 e. The summed E-state index contributed by atoms with van der Waals surface area (Å²) in [7, 11) is 0. The van der Waals surface area contributed by atoms with Gasteiger partial charge in [0.1, 0.15) is 98.9 Å². The first-order chi connectivity index (χ1) is 50.1. The normalized spacial score (nSPS) is 33.2. The molecule has 104 heavy (non-hydrogen) atoms. The van der Waals surface area contributed by atoms with Gasteiger partial charge >= 0.3 is 23.9 Å². The van der Waals surface area contributed by atoms with Crippen LogP contribution in [-0.2, 0) is 61.9 Å². The Morgan fingerprint density at radius 3 is 1.20 bits per heavy atom. The highest BCUT2D eigenvalue weighted by Crippen LogP contribution is 2.43. The average Bonchev–Trinajstić information content (AvgIpc) is 1.58. The number of H-pyrrole nitrogens is 3. The fourth-order valence-electron chi connectivity index (χ4n) is 8.55. The molecule has 8 rings (SSSR count). The summed E-state index contributed by atoms with van der Waals surface area (Å²) in [6.07, 6.45) is -23.2. The molecular weight excluding hydrogens is 1550 g/mol. The van der Waals surface area contributed by atoms with Gasteiger partial charge in [0, 0.05) is 24.8 Å². The first-order valence-electron chi connectivity index (χ1n) is 33.1. The number of esters is 4. The van der Waals surface area contributed by atoms with E-state index in [0.29, 0.717) is 9.47 Å². The molecule has 5 aliphatic rings. The Balaban J connectivity index is 0.000000263. The minimum atomic E-state index is -3.89. The Hall–Kier alpha value is -5.83. The monoisotopic (exact) mass is 1630 g/mol. The Kier molecular flexibility index (Phi) is 27.4. The summed E-state index contributed by atoms with van der Waals surface area (Å²) < 4.78 is 148. The zero-order chi connectivity index (χ0) is 84.7. The molecule has 3 aromatic heterocycles. The van der Waals surface area contributed by atoms with Gasteiger partial charge in [0.2, 0.25) is 0 Å². The van der Waals surface area contributed by atoms with Crippen LogP contribution < -0.4 is 44.9 Å². The van der Waals surface area contributed by atoms with Crippen molar-refractivity contribution < 1.29 is 129 Å². The smallest absolute Gasteiger partial charge is 0.323 e. The highest BCUT2D eigenvalue weighted by Gasteiger charge is 2.61. The van der Waals surface area contributed by atoms with E-state index in [1.54, 1.807) is 55.4 Å². The summed E-state index contributed by atoms with van der Waals surface area (Å²) in [5, 5.41) is 81.6. The standard InChI is InChI=1S/C15H21ClFN3O6.3C14H19ClFN3O6S/c1-6(2)9(18)14(24)25-5-15(17)11(22)10(21)13(26-15)20-4-8(16)12(23)19-7(20)3;3*1-5(2)7(17)12(23)24-4-14(16)9(21)8(20)11(25-14)19-3-6(15)10(22)18-13(19)26/h4,6,9-11,13,21-22H,3,5,18H2,1-2H3,(H,19,23);3*3,5,7-9,11,20-21H,4,17H2,1-2H3,(H,18,22,26)/t9-,10+,11-,13+,15+;3*7-,8+,9-,11+,14+/m0000/s1/i5D2,13D;11D;4D2;. The quantitative estimate of drug-likeness (QED) is 0.0286. The second kappa shape index (κ2) is 35.9. The van der Waals surface area contributed by atoms with Crippen LogP contribution in [0, 0.1) is 38.0 Å². The van der Waals surface area contributed by atoms with Crippen molar-refractivity contribution in [3.05, 3.63) is 103 Å². The van der Waals surface area contributed by atoms with E-state index in [0.717, 1.165) is 33.9 Å². The molecule has 0 radical (unpaired) electrons. The third-order valence-electron chi connectivity index (χ3n) is 15.3. The molecule has 20 atom stereocenters. The molecule has 0 saturated carbocycles.